The molecule has 1 atom stereocenters. The van der Waals surface area contributed by atoms with Crippen molar-refractivity contribution in [3.05, 3.63) is 29.6 Å². The lowest BCUT2D eigenvalue weighted by Gasteiger charge is -2.21. The van der Waals surface area contributed by atoms with Gasteiger partial charge in [-0.05, 0) is 23.6 Å². The number of ether oxygens (including phenoxy) is 2. The van der Waals surface area contributed by atoms with Crippen LogP contribution in [0.3, 0.4) is 0 Å². The van der Waals surface area contributed by atoms with Gasteiger partial charge in [-0.2, -0.15) is 0 Å². The van der Waals surface area contributed by atoms with Crippen LogP contribution in [-0.4, -0.2) is 24.8 Å². The average Bonchev–Trinajstić information content (AvgIpc) is 2.28. The Bertz CT molecular complexity index is 417. The van der Waals surface area contributed by atoms with Crippen molar-refractivity contribution in [1.82, 2.24) is 0 Å². The van der Waals surface area contributed by atoms with E-state index in [4.69, 9.17) is 14.6 Å². The molecule has 0 aliphatic heterocycles. The normalized spacial score (nSPS) is 12.5. The van der Waals surface area contributed by atoms with Gasteiger partial charge < -0.3 is 14.6 Å². The van der Waals surface area contributed by atoms with E-state index in [0.717, 1.165) is 0 Å². The predicted octanol–water partition coefficient (Wildman–Crippen LogP) is 2.63. The number of hydrogen-bond donors (Lipinski definition) is 1. The Morgan fingerprint density at radius 3 is 2.56 bits per heavy atom. The van der Waals surface area contributed by atoms with Crippen molar-refractivity contribution in [2.75, 3.05) is 13.7 Å². The summed E-state index contributed by atoms with van der Waals surface area (Å²) in [6, 6.07) is 4.49. The number of carboxylic acid groups (broad SMARTS) is 1. The van der Waals surface area contributed by atoms with Crippen molar-refractivity contribution >= 4 is 5.97 Å². The molecule has 0 amide bonds. The molecule has 0 heterocycles. The van der Waals surface area contributed by atoms with Gasteiger partial charge in [0.25, 0.3) is 0 Å². The third-order valence-electron chi connectivity index (χ3n) is 2.50. The number of carboxylic acids is 1. The van der Waals surface area contributed by atoms with Gasteiger partial charge in [0, 0.05) is 0 Å². The molecule has 1 aromatic carbocycles. The van der Waals surface area contributed by atoms with E-state index in [-0.39, 0.29) is 11.7 Å². The summed E-state index contributed by atoms with van der Waals surface area (Å²) in [6.45, 7) is 3.36. The molecule has 0 fully saturated rings. The summed E-state index contributed by atoms with van der Waals surface area (Å²) in [7, 11) is 1.39. The van der Waals surface area contributed by atoms with Gasteiger partial charge >= 0.3 is 5.97 Å². The van der Waals surface area contributed by atoms with Gasteiger partial charge in [-0.1, -0.05) is 19.9 Å². The first-order valence-electron chi connectivity index (χ1n) is 5.62. The molecule has 1 unspecified atom stereocenters. The van der Waals surface area contributed by atoms with Crippen molar-refractivity contribution in [2.24, 2.45) is 5.92 Å². The zero-order chi connectivity index (χ0) is 13.7. The molecule has 0 saturated carbocycles. The fourth-order valence-electron chi connectivity index (χ4n) is 1.69. The van der Waals surface area contributed by atoms with Crippen LogP contribution in [0.1, 0.15) is 25.5 Å². The Balaban J connectivity index is 2.92. The Morgan fingerprint density at radius 1 is 1.44 bits per heavy atom. The summed E-state index contributed by atoms with van der Waals surface area (Å²) in [6.07, 6.45) is -0.457. The summed E-state index contributed by atoms with van der Waals surface area (Å²) in [5.74, 6) is -1.34. The molecular weight excluding hydrogens is 239 g/mol. The standard InChI is InChI=1S/C13H17FO4/c1-8(2)13(18-7-12(15)16)9-4-5-11(17-3)10(14)6-9/h4-6,8,13H,7H2,1-3H3,(H,15,16). The molecule has 1 aromatic rings. The Labute approximate surface area is 105 Å². The molecule has 1 N–H and O–H groups in total. The highest BCUT2D eigenvalue weighted by Crippen LogP contribution is 2.29. The minimum absolute atomic E-state index is 0.0390. The van der Waals surface area contributed by atoms with E-state index in [1.807, 2.05) is 13.8 Å². The summed E-state index contributed by atoms with van der Waals surface area (Å²) in [5.41, 5.74) is 0.601. The van der Waals surface area contributed by atoms with Gasteiger partial charge in [-0.15, -0.1) is 0 Å². The molecule has 0 radical (unpaired) electrons. The molecule has 0 aliphatic carbocycles. The Kier molecular flexibility index (Phi) is 5.09. The van der Waals surface area contributed by atoms with Gasteiger partial charge in [0.15, 0.2) is 11.6 Å². The van der Waals surface area contributed by atoms with Crippen LogP contribution in [0.25, 0.3) is 0 Å². The minimum atomic E-state index is -1.05. The molecule has 0 bridgehead atoms. The highest BCUT2D eigenvalue weighted by atomic mass is 19.1. The molecule has 0 aliphatic rings. The summed E-state index contributed by atoms with van der Waals surface area (Å²) in [5, 5.41) is 8.61. The van der Waals surface area contributed by atoms with Gasteiger partial charge in [0.2, 0.25) is 0 Å². The van der Waals surface area contributed by atoms with Crippen LogP contribution < -0.4 is 4.74 Å². The number of halogens is 1. The van der Waals surface area contributed by atoms with Crippen molar-refractivity contribution in [2.45, 2.75) is 20.0 Å². The zero-order valence-corrected chi connectivity index (χ0v) is 10.6. The van der Waals surface area contributed by atoms with E-state index < -0.39 is 24.5 Å². The van der Waals surface area contributed by atoms with Gasteiger partial charge in [-0.3, -0.25) is 0 Å². The maximum Gasteiger partial charge on any atom is 0.329 e. The van der Waals surface area contributed by atoms with E-state index in [9.17, 15) is 9.18 Å². The molecule has 1 rings (SSSR count). The number of hydrogen-bond acceptors (Lipinski definition) is 3. The number of benzene rings is 1. The molecule has 4 nitrogen and oxygen atoms in total. The summed E-state index contributed by atoms with van der Waals surface area (Å²) >= 11 is 0. The third kappa shape index (κ3) is 3.70. The fraction of sp³-hybridized carbons (Fsp3) is 0.462. The lowest BCUT2D eigenvalue weighted by molar-refractivity contribution is -0.145. The largest absolute Gasteiger partial charge is 0.494 e. The van der Waals surface area contributed by atoms with Crippen molar-refractivity contribution in [3.8, 4) is 5.75 Å². The minimum Gasteiger partial charge on any atom is -0.494 e. The van der Waals surface area contributed by atoms with Crippen molar-refractivity contribution < 1.29 is 23.8 Å². The lowest BCUT2D eigenvalue weighted by Crippen LogP contribution is -2.16. The molecule has 100 valence electrons. The van der Waals surface area contributed by atoms with Crippen LogP contribution in [0.5, 0.6) is 5.75 Å². The maximum atomic E-state index is 13.6. The summed E-state index contributed by atoms with van der Waals surface area (Å²) in [4.78, 5) is 10.5. The number of rotatable bonds is 6. The first-order valence-corrected chi connectivity index (χ1v) is 5.62. The van der Waals surface area contributed by atoms with Crippen molar-refractivity contribution in [3.63, 3.8) is 0 Å². The quantitative estimate of drug-likeness (QED) is 0.850. The first kappa shape index (κ1) is 14.4. The molecule has 0 aromatic heterocycles. The Morgan fingerprint density at radius 2 is 2.11 bits per heavy atom. The summed E-state index contributed by atoms with van der Waals surface area (Å²) < 4.78 is 23.7. The molecule has 0 spiro atoms. The van der Waals surface area contributed by atoms with Crippen LogP contribution in [-0.2, 0) is 9.53 Å². The van der Waals surface area contributed by atoms with Crippen molar-refractivity contribution in [1.29, 1.82) is 0 Å². The molecule has 0 saturated heterocycles. The molecule has 5 heteroatoms. The van der Waals surface area contributed by atoms with Gasteiger partial charge in [-0.25, -0.2) is 9.18 Å². The Hall–Kier alpha value is -1.62. The second-order valence-electron chi connectivity index (χ2n) is 4.26. The van der Waals surface area contributed by atoms with Crippen LogP contribution in [0, 0.1) is 11.7 Å². The van der Waals surface area contributed by atoms with E-state index in [1.165, 1.54) is 19.2 Å². The predicted molar refractivity (Wildman–Crippen MR) is 64.1 cm³/mol. The smallest absolute Gasteiger partial charge is 0.329 e. The SMILES string of the molecule is COc1ccc(C(OCC(=O)O)C(C)C)cc1F. The van der Waals surface area contributed by atoms with E-state index in [2.05, 4.69) is 0 Å². The first-order chi connectivity index (χ1) is 8.45. The second-order valence-corrected chi connectivity index (χ2v) is 4.26. The lowest BCUT2D eigenvalue weighted by atomic mass is 9.98. The van der Waals surface area contributed by atoms with E-state index in [1.54, 1.807) is 6.07 Å². The monoisotopic (exact) mass is 256 g/mol. The molecule has 18 heavy (non-hydrogen) atoms. The number of carbonyl (C=O) groups is 1. The van der Waals surface area contributed by atoms with Gasteiger partial charge in [0.1, 0.15) is 6.61 Å². The second kappa shape index (κ2) is 6.35. The van der Waals surface area contributed by atoms with E-state index >= 15 is 0 Å². The highest BCUT2D eigenvalue weighted by Gasteiger charge is 2.19. The zero-order valence-electron chi connectivity index (χ0n) is 10.6. The average molecular weight is 256 g/mol. The van der Waals surface area contributed by atoms with Crippen LogP contribution in [0.4, 0.5) is 4.39 Å². The third-order valence-corrected chi connectivity index (χ3v) is 2.50. The highest BCUT2D eigenvalue weighted by molar-refractivity contribution is 5.68. The fourth-order valence-corrected chi connectivity index (χ4v) is 1.69. The van der Waals surface area contributed by atoms with Crippen LogP contribution in [0.15, 0.2) is 18.2 Å². The van der Waals surface area contributed by atoms with Crippen LogP contribution >= 0.6 is 0 Å². The topological polar surface area (TPSA) is 55.8 Å². The van der Waals surface area contributed by atoms with E-state index in [0.29, 0.717) is 5.56 Å². The van der Waals surface area contributed by atoms with Crippen LogP contribution in [0.2, 0.25) is 0 Å². The molecular formula is C13H17FO4. The number of methoxy groups -OCH3 is 1. The maximum absolute atomic E-state index is 13.6. The number of aliphatic carboxylic acids is 1. The van der Waals surface area contributed by atoms with Gasteiger partial charge in [0.05, 0.1) is 13.2 Å².